The molecule has 0 unspecified atom stereocenters. The van der Waals surface area contributed by atoms with Gasteiger partial charge in [-0.1, -0.05) is 173 Å². The molecule has 3 aliphatic rings. The lowest BCUT2D eigenvalue weighted by Crippen LogP contribution is -2.42. The van der Waals surface area contributed by atoms with Gasteiger partial charge in [0.05, 0.1) is 0 Å². The summed E-state index contributed by atoms with van der Waals surface area (Å²) in [5, 5.41) is 0. The van der Waals surface area contributed by atoms with Crippen molar-refractivity contribution in [3.63, 3.8) is 0 Å². The summed E-state index contributed by atoms with van der Waals surface area (Å²) in [6, 6.07) is 29.6. The number of nitrogens with zero attached hydrogens (tertiary/aromatic N) is 2. The van der Waals surface area contributed by atoms with E-state index in [2.05, 4.69) is 194 Å². The van der Waals surface area contributed by atoms with Crippen LogP contribution in [-0.4, -0.2) is 14.1 Å². The van der Waals surface area contributed by atoms with Crippen molar-refractivity contribution in [1.82, 2.24) is 0 Å². The fourth-order valence-electron chi connectivity index (χ4n) is 12.1. The third kappa shape index (κ3) is 6.29. The summed E-state index contributed by atoms with van der Waals surface area (Å²) < 4.78 is 0. The molecule has 0 aromatic heterocycles. The number of hydrogen-bond donors (Lipinski definition) is 0. The molecule has 7 rings (SSSR count). The van der Waals surface area contributed by atoms with Gasteiger partial charge in [0.2, 0.25) is 0 Å². The van der Waals surface area contributed by atoms with Crippen LogP contribution in [0.25, 0.3) is 11.1 Å². The Morgan fingerprint density at radius 1 is 0.356 bits per heavy atom. The Kier molecular flexibility index (Phi) is 11.0. The number of fused-ring (bicyclic) bond motifs is 5. The monoisotopic (exact) mass is 793 g/mol. The van der Waals surface area contributed by atoms with E-state index in [1.165, 1.54) is 120 Å². The summed E-state index contributed by atoms with van der Waals surface area (Å²) in [6.07, 6.45) is 12.7. The summed E-state index contributed by atoms with van der Waals surface area (Å²) in [5.74, 6) is 0. The molecular weight excluding hydrogens is 713 g/mol. The van der Waals surface area contributed by atoms with Crippen LogP contribution in [-0.2, 0) is 27.1 Å². The number of benzene rings is 4. The molecule has 3 aliphatic carbocycles. The van der Waals surface area contributed by atoms with E-state index in [4.69, 9.17) is 0 Å². The van der Waals surface area contributed by atoms with Gasteiger partial charge in [-0.05, 0) is 138 Å². The molecule has 0 fully saturated rings. The first-order valence-corrected chi connectivity index (χ1v) is 23.6. The lowest BCUT2D eigenvalue weighted by molar-refractivity contribution is 0.125. The molecule has 0 saturated heterocycles. The second-order valence-corrected chi connectivity index (χ2v) is 22.5. The highest BCUT2D eigenvalue weighted by Gasteiger charge is 2.58. The summed E-state index contributed by atoms with van der Waals surface area (Å²) in [5.41, 5.74) is 17.8. The molecule has 2 heteroatoms. The van der Waals surface area contributed by atoms with E-state index in [0.29, 0.717) is 0 Å². The first-order chi connectivity index (χ1) is 27.5. The van der Waals surface area contributed by atoms with Gasteiger partial charge in [0, 0.05) is 42.3 Å². The second-order valence-electron chi connectivity index (χ2n) is 22.5. The number of unbranched alkanes of at least 4 members (excludes halogenated alkanes) is 6. The zero-order valence-electron chi connectivity index (χ0n) is 40.4. The van der Waals surface area contributed by atoms with Crippen molar-refractivity contribution in [2.75, 3.05) is 23.9 Å². The number of anilines is 4. The van der Waals surface area contributed by atoms with Crippen molar-refractivity contribution < 1.29 is 0 Å². The van der Waals surface area contributed by atoms with Crippen molar-refractivity contribution >= 4 is 22.7 Å². The van der Waals surface area contributed by atoms with Crippen LogP contribution in [0.5, 0.6) is 0 Å². The highest BCUT2D eigenvalue weighted by Crippen LogP contribution is 2.64. The molecule has 59 heavy (non-hydrogen) atoms. The highest BCUT2D eigenvalue weighted by molar-refractivity contribution is 5.86. The van der Waals surface area contributed by atoms with Crippen LogP contribution in [0.15, 0.2) is 72.8 Å². The minimum absolute atomic E-state index is 0.0121. The molecule has 0 aliphatic heterocycles. The normalized spacial score (nSPS) is 20.1. The molecule has 0 amide bonds. The van der Waals surface area contributed by atoms with Gasteiger partial charge in [0.1, 0.15) is 0 Å². The maximum Gasteiger partial charge on any atom is 0.0411 e. The molecule has 4 aromatic rings. The quantitative estimate of drug-likeness (QED) is 0.117. The van der Waals surface area contributed by atoms with E-state index >= 15 is 0 Å². The molecule has 0 heterocycles. The average Bonchev–Trinajstić information content (AvgIpc) is 3.57. The fourth-order valence-corrected chi connectivity index (χ4v) is 12.1. The van der Waals surface area contributed by atoms with Crippen molar-refractivity contribution in [2.24, 2.45) is 10.8 Å². The van der Waals surface area contributed by atoms with Gasteiger partial charge in [-0.3, -0.25) is 0 Å². The van der Waals surface area contributed by atoms with Gasteiger partial charge in [0.25, 0.3) is 0 Å². The van der Waals surface area contributed by atoms with Crippen LogP contribution >= 0.6 is 0 Å². The molecule has 0 N–H and O–H groups in total. The summed E-state index contributed by atoms with van der Waals surface area (Å²) in [6.45, 7) is 34.2. The van der Waals surface area contributed by atoms with E-state index in [0.717, 1.165) is 0 Å². The van der Waals surface area contributed by atoms with Gasteiger partial charge < -0.3 is 9.80 Å². The highest BCUT2D eigenvalue weighted by atomic mass is 15.1. The van der Waals surface area contributed by atoms with Crippen molar-refractivity contribution in [1.29, 1.82) is 0 Å². The minimum atomic E-state index is -0.0121. The van der Waals surface area contributed by atoms with Crippen LogP contribution in [0.4, 0.5) is 22.7 Å². The Morgan fingerprint density at radius 3 is 1.00 bits per heavy atom. The first-order valence-electron chi connectivity index (χ1n) is 23.6. The Balaban J connectivity index is 1.32. The van der Waals surface area contributed by atoms with Gasteiger partial charge >= 0.3 is 0 Å². The van der Waals surface area contributed by atoms with Crippen LogP contribution in [0.2, 0.25) is 0 Å². The second kappa shape index (κ2) is 14.8. The zero-order chi connectivity index (χ0) is 43.1. The summed E-state index contributed by atoms with van der Waals surface area (Å²) in [4.78, 5) is 4.93. The predicted molar refractivity (Wildman–Crippen MR) is 259 cm³/mol. The zero-order valence-corrected chi connectivity index (χ0v) is 40.4. The molecule has 0 spiro atoms. The Morgan fingerprint density at radius 2 is 0.661 bits per heavy atom. The molecule has 0 atom stereocenters. The van der Waals surface area contributed by atoms with Crippen molar-refractivity contribution in [2.45, 2.75) is 188 Å². The van der Waals surface area contributed by atoms with E-state index in [-0.39, 0.29) is 37.9 Å². The Hall–Kier alpha value is -3.52. The third-order valence-corrected chi connectivity index (χ3v) is 18.7. The van der Waals surface area contributed by atoms with E-state index in [1.54, 1.807) is 11.1 Å². The standard InChI is InChI=1S/C57H80N2/c1-17-19-21-23-33-57(34-24-22-20-18-2)47-35-39(58(15)41-27-31-45-49(37-41)53(7,8)55(11,12)51(45,3)4)25-29-43(47)44-30-26-40(36-48(44)57)59(16)42-28-32-46-50(38-42)54(9,10)56(13,14)52(46,5)6/h25-32,35-38H,17-24,33-34H2,1-16H3. The van der Waals surface area contributed by atoms with Crippen LogP contribution < -0.4 is 9.80 Å². The molecular formula is C57H80N2. The van der Waals surface area contributed by atoms with E-state index in [9.17, 15) is 0 Å². The SMILES string of the molecule is CCCCCCC1(CCCCCC)c2cc(N(C)c3ccc4c(c3)C(C)(C)C(C)(C)C4(C)C)ccc2-c2ccc(N(C)c3ccc4c(c3)C(C)(C)C(C)(C)C4(C)C)cc21. The van der Waals surface area contributed by atoms with Crippen LogP contribution in [0.1, 0.15) is 195 Å². The maximum atomic E-state index is 2.61. The van der Waals surface area contributed by atoms with Gasteiger partial charge in [-0.2, -0.15) is 0 Å². The molecule has 0 saturated carbocycles. The Labute approximate surface area is 361 Å². The molecule has 0 radical (unpaired) electrons. The fraction of sp³-hybridized carbons (Fsp3) is 0.579. The van der Waals surface area contributed by atoms with Crippen molar-refractivity contribution in [3.8, 4) is 11.1 Å². The maximum absolute atomic E-state index is 2.61. The molecule has 2 nitrogen and oxygen atoms in total. The van der Waals surface area contributed by atoms with Gasteiger partial charge in [-0.15, -0.1) is 0 Å². The van der Waals surface area contributed by atoms with Crippen LogP contribution in [0.3, 0.4) is 0 Å². The van der Waals surface area contributed by atoms with E-state index in [1.807, 2.05) is 0 Å². The third-order valence-electron chi connectivity index (χ3n) is 18.7. The summed E-state index contributed by atoms with van der Waals surface area (Å²) in [7, 11) is 4.59. The summed E-state index contributed by atoms with van der Waals surface area (Å²) >= 11 is 0. The minimum Gasteiger partial charge on any atom is -0.345 e. The topological polar surface area (TPSA) is 6.48 Å². The number of rotatable bonds is 14. The average molecular weight is 793 g/mol. The first kappa shape index (κ1) is 43.6. The molecule has 318 valence electrons. The smallest absolute Gasteiger partial charge is 0.0411 e. The van der Waals surface area contributed by atoms with E-state index < -0.39 is 0 Å². The van der Waals surface area contributed by atoms with Gasteiger partial charge in [0.15, 0.2) is 0 Å². The van der Waals surface area contributed by atoms with Crippen LogP contribution in [0, 0.1) is 10.8 Å². The lowest BCUT2D eigenvalue weighted by Gasteiger charge is -2.44. The largest absolute Gasteiger partial charge is 0.345 e. The number of hydrogen-bond acceptors (Lipinski definition) is 2. The molecule has 0 bridgehead atoms. The predicted octanol–water partition coefficient (Wildman–Crippen LogP) is 16.6. The molecule has 4 aromatic carbocycles. The van der Waals surface area contributed by atoms with Crippen molar-refractivity contribution in [3.05, 3.63) is 106 Å². The van der Waals surface area contributed by atoms with Gasteiger partial charge in [-0.25, -0.2) is 0 Å². The lowest BCUT2D eigenvalue weighted by atomic mass is 9.59. The Bertz CT molecular complexity index is 2050.